The zero-order valence-corrected chi connectivity index (χ0v) is 16.1. The van der Waals surface area contributed by atoms with E-state index in [1.807, 2.05) is 6.92 Å². The van der Waals surface area contributed by atoms with Crippen LogP contribution in [0.4, 0.5) is 24.5 Å². The summed E-state index contributed by atoms with van der Waals surface area (Å²) in [6, 6.07) is 3.95. The van der Waals surface area contributed by atoms with E-state index in [2.05, 4.69) is 21.7 Å². The first-order chi connectivity index (χ1) is 12.7. The number of benzene rings is 1. The molecule has 5 nitrogen and oxygen atoms in total. The summed E-state index contributed by atoms with van der Waals surface area (Å²) >= 11 is 0. The van der Waals surface area contributed by atoms with Crippen molar-refractivity contribution >= 4 is 11.4 Å². The van der Waals surface area contributed by atoms with Crippen molar-refractivity contribution in [1.29, 1.82) is 0 Å². The zero-order valence-electron chi connectivity index (χ0n) is 16.1. The van der Waals surface area contributed by atoms with E-state index >= 15 is 0 Å². The normalized spacial score (nSPS) is 20.9. The molecule has 1 aromatic rings. The highest BCUT2D eigenvalue weighted by atomic mass is 19.4. The number of aryl methyl sites for hydroxylation is 1. The molecule has 0 bridgehead atoms. The third-order valence-corrected chi connectivity index (χ3v) is 5.58. The number of piperazine rings is 1. The Morgan fingerprint density at radius 2 is 1.70 bits per heavy atom. The molecule has 0 saturated carbocycles. The van der Waals surface area contributed by atoms with Crippen molar-refractivity contribution in [3.8, 4) is 5.75 Å². The van der Waals surface area contributed by atoms with Gasteiger partial charge in [0.15, 0.2) is 6.61 Å². The monoisotopic (exact) mass is 386 g/mol. The van der Waals surface area contributed by atoms with Crippen LogP contribution in [0.5, 0.6) is 5.75 Å². The third kappa shape index (κ3) is 5.19. The minimum absolute atomic E-state index is 0.106. The molecule has 2 aliphatic heterocycles. The standard InChI is InChI=1S/C19H29F3N4O/c1-14-11-16(23)18(27-13-19(20,21)22)12-17(14)26-5-3-15(4-6-26)25-9-7-24(2)8-10-25/h11-12,15H,3-10,13,23H2,1-2H3. The van der Waals surface area contributed by atoms with Crippen LogP contribution in [0.2, 0.25) is 0 Å². The molecule has 0 aromatic heterocycles. The van der Waals surface area contributed by atoms with Gasteiger partial charge in [-0.2, -0.15) is 13.2 Å². The van der Waals surface area contributed by atoms with Crippen molar-refractivity contribution in [2.24, 2.45) is 0 Å². The van der Waals surface area contributed by atoms with Crippen LogP contribution in [0.1, 0.15) is 18.4 Å². The van der Waals surface area contributed by atoms with E-state index in [9.17, 15) is 13.2 Å². The summed E-state index contributed by atoms with van der Waals surface area (Å²) < 4.78 is 42.3. The van der Waals surface area contributed by atoms with Crippen LogP contribution >= 0.6 is 0 Å². The van der Waals surface area contributed by atoms with Crippen molar-refractivity contribution in [1.82, 2.24) is 9.80 Å². The predicted octanol–water partition coefficient (Wildman–Crippen LogP) is 2.73. The Morgan fingerprint density at radius 1 is 1.07 bits per heavy atom. The van der Waals surface area contributed by atoms with Gasteiger partial charge in [0.1, 0.15) is 5.75 Å². The van der Waals surface area contributed by atoms with E-state index in [-0.39, 0.29) is 11.4 Å². The molecular weight excluding hydrogens is 357 g/mol. The fraction of sp³-hybridized carbons (Fsp3) is 0.684. The van der Waals surface area contributed by atoms with Crippen LogP contribution in [-0.2, 0) is 0 Å². The highest BCUT2D eigenvalue weighted by Gasteiger charge is 2.30. The molecule has 152 valence electrons. The maximum absolute atomic E-state index is 12.5. The first-order valence-corrected chi connectivity index (χ1v) is 9.50. The van der Waals surface area contributed by atoms with Crippen LogP contribution in [-0.4, -0.2) is 74.9 Å². The number of hydrogen-bond donors (Lipinski definition) is 1. The number of hydrogen-bond acceptors (Lipinski definition) is 5. The van der Waals surface area contributed by atoms with E-state index in [0.29, 0.717) is 6.04 Å². The van der Waals surface area contributed by atoms with E-state index in [1.54, 1.807) is 12.1 Å². The third-order valence-electron chi connectivity index (χ3n) is 5.58. The van der Waals surface area contributed by atoms with Gasteiger partial charge >= 0.3 is 6.18 Å². The second-order valence-electron chi connectivity index (χ2n) is 7.64. The van der Waals surface area contributed by atoms with E-state index in [0.717, 1.165) is 63.4 Å². The number of ether oxygens (including phenoxy) is 1. The molecule has 3 rings (SSSR count). The summed E-state index contributed by atoms with van der Waals surface area (Å²) in [4.78, 5) is 7.17. The summed E-state index contributed by atoms with van der Waals surface area (Å²) in [5.74, 6) is 0.106. The molecule has 8 heteroatoms. The van der Waals surface area contributed by atoms with Crippen LogP contribution in [0.15, 0.2) is 12.1 Å². The summed E-state index contributed by atoms with van der Waals surface area (Å²) in [6.07, 6.45) is -2.25. The van der Waals surface area contributed by atoms with Gasteiger partial charge < -0.3 is 20.3 Å². The lowest BCUT2D eigenvalue weighted by atomic mass is 10.0. The maximum Gasteiger partial charge on any atom is 0.422 e. The van der Waals surface area contributed by atoms with Gasteiger partial charge in [0, 0.05) is 57.1 Å². The molecule has 0 aliphatic carbocycles. The lowest BCUT2D eigenvalue weighted by Crippen LogP contribution is -2.52. The Balaban J connectivity index is 1.63. The predicted molar refractivity (Wildman–Crippen MR) is 101 cm³/mol. The topological polar surface area (TPSA) is 45.0 Å². The number of likely N-dealkylation sites (N-methyl/N-ethyl adjacent to an activating group) is 1. The van der Waals surface area contributed by atoms with Gasteiger partial charge in [0.05, 0.1) is 5.69 Å². The summed E-state index contributed by atoms with van der Waals surface area (Å²) in [5, 5.41) is 0. The Kier molecular flexibility index (Phi) is 6.05. The van der Waals surface area contributed by atoms with Gasteiger partial charge in [-0.25, -0.2) is 0 Å². The molecule has 2 heterocycles. The van der Waals surface area contributed by atoms with Crippen molar-refractivity contribution in [3.05, 3.63) is 17.7 Å². The van der Waals surface area contributed by atoms with Crippen LogP contribution in [0.25, 0.3) is 0 Å². The number of nitrogens with zero attached hydrogens (tertiary/aromatic N) is 3. The highest BCUT2D eigenvalue weighted by Crippen LogP contribution is 2.34. The van der Waals surface area contributed by atoms with Crippen LogP contribution in [0, 0.1) is 6.92 Å². The summed E-state index contributed by atoms with van der Waals surface area (Å²) in [7, 11) is 2.16. The van der Waals surface area contributed by atoms with E-state index in [4.69, 9.17) is 10.5 Å². The molecular formula is C19H29F3N4O. The van der Waals surface area contributed by atoms with Crippen LogP contribution in [0.3, 0.4) is 0 Å². The van der Waals surface area contributed by atoms with Gasteiger partial charge in [0.25, 0.3) is 0 Å². The van der Waals surface area contributed by atoms with Gasteiger partial charge in [-0.1, -0.05) is 0 Å². The van der Waals surface area contributed by atoms with Crippen molar-refractivity contribution in [2.45, 2.75) is 32.0 Å². The summed E-state index contributed by atoms with van der Waals surface area (Å²) in [6.45, 7) is 6.82. The Hall–Kier alpha value is -1.67. The molecule has 1 aromatic carbocycles. The minimum atomic E-state index is -4.38. The Morgan fingerprint density at radius 3 is 2.30 bits per heavy atom. The molecule has 2 aliphatic rings. The fourth-order valence-electron chi connectivity index (χ4n) is 3.98. The Bertz CT molecular complexity index is 637. The maximum atomic E-state index is 12.5. The van der Waals surface area contributed by atoms with Crippen molar-refractivity contribution in [2.75, 3.05) is 63.6 Å². The lowest BCUT2D eigenvalue weighted by Gasteiger charge is -2.43. The molecule has 2 saturated heterocycles. The van der Waals surface area contributed by atoms with E-state index in [1.165, 1.54) is 0 Å². The van der Waals surface area contributed by atoms with Gasteiger partial charge in [-0.3, -0.25) is 4.90 Å². The summed E-state index contributed by atoms with van der Waals surface area (Å²) in [5.41, 5.74) is 7.98. The number of nitrogen functional groups attached to an aromatic ring is 1. The fourth-order valence-corrected chi connectivity index (χ4v) is 3.98. The van der Waals surface area contributed by atoms with E-state index < -0.39 is 12.8 Å². The van der Waals surface area contributed by atoms with Crippen LogP contribution < -0.4 is 15.4 Å². The lowest BCUT2D eigenvalue weighted by molar-refractivity contribution is -0.153. The smallest absolute Gasteiger partial charge is 0.422 e. The average Bonchev–Trinajstić information content (AvgIpc) is 2.61. The quantitative estimate of drug-likeness (QED) is 0.807. The first kappa shape index (κ1) is 20.1. The molecule has 0 unspecified atom stereocenters. The molecule has 27 heavy (non-hydrogen) atoms. The molecule has 0 atom stereocenters. The number of halogens is 3. The molecule has 2 N–H and O–H groups in total. The number of anilines is 2. The number of rotatable bonds is 4. The first-order valence-electron chi connectivity index (χ1n) is 9.50. The van der Waals surface area contributed by atoms with Gasteiger partial charge in [-0.15, -0.1) is 0 Å². The number of nitrogens with two attached hydrogens (primary N) is 1. The second-order valence-corrected chi connectivity index (χ2v) is 7.64. The van der Waals surface area contributed by atoms with Crippen molar-refractivity contribution < 1.29 is 17.9 Å². The molecule has 0 amide bonds. The number of piperidine rings is 1. The molecule has 0 spiro atoms. The van der Waals surface area contributed by atoms with Gasteiger partial charge in [0.2, 0.25) is 0 Å². The largest absolute Gasteiger partial charge is 0.482 e. The second kappa shape index (κ2) is 8.14. The highest BCUT2D eigenvalue weighted by molar-refractivity contribution is 5.66. The average molecular weight is 386 g/mol. The van der Waals surface area contributed by atoms with Gasteiger partial charge in [-0.05, 0) is 38.4 Å². The Labute approximate surface area is 158 Å². The minimum Gasteiger partial charge on any atom is -0.482 e. The number of alkyl halides is 3. The molecule has 0 radical (unpaired) electrons. The van der Waals surface area contributed by atoms with Crippen molar-refractivity contribution in [3.63, 3.8) is 0 Å². The molecule has 2 fully saturated rings. The SMILES string of the molecule is Cc1cc(N)c(OCC(F)(F)F)cc1N1CCC(N2CCN(C)CC2)CC1. The zero-order chi connectivity index (χ0) is 19.6.